The molecule has 0 saturated carbocycles. The number of hydrogen-bond acceptors (Lipinski definition) is 9. The summed E-state index contributed by atoms with van der Waals surface area (Å²) in [6.45, 7) is 4.26. The first kappa shape index (κ1) is 41.2. The Hall–Kier alpha value is -1.85. The highest BCUT2D eigenvalue weighted by Crippen LogP contribution is 2.22. The van der Waals surface area contributed by atoms with Crippen molar-refractivity contribution in [3.05, 3.63) is 48.6 Å². The van der Waals surface area contributed by atoms with E-state index in [0.717, 1.165) is 70.6 Å². The third-order valence-electron chi connectivity index (χ3n) is 7.51. The lowest BCUT2D eigenvalue weighted by molar-refractivity contribution is -0.305. The van der Waals surface area contributed by atoms with Gasteiger partial charge in [0.1, 0.15) is 30.5 Å². The van der Waals surface area contributed by atoms with Crippen LogP contribution in [0.15, 0.2) is 48.6 Å². The molecule has 0 radical (unpaired) electrons. The number of esters is 1. The van der Waals surface area contributed by atoms with Crippen molar-refractivity contribution in [2.24, 2.45) is 0 Å². The monoisotopic (exact) mass is 638 g/mol. The van der Waals surface area contributed by atoms with Gasteiger partial charge in [0.25, 0.3) is 0 Å². The number of aliphatic hydroxyl groups is 4. The second-order valence-electron chi connectivity index (χ2n) is 11.6. The zero-order chi connectivity index (χ0) is 33.0. The minimum absolute atomic E-state index is 0.122. The number of unbranched alkanes of at least 4 members (excludes halogenated alkanes) is 8. The molecule has 4 N–H and O–H groups in total. The molecule has 1 saturated heterocycles. The lowest BCUT2D eigenvalue weighted by Crippen LogP contribution is -2.59. The fraction of sp³-hybridized carbons (Fsp3) is 0.750. The molecule has 0 amide bonds. The smallest absolute Gasteiger partial charge is 0.306 e. The van der Waals surface area contributed by atoms with Gasteiger partial charge in [-0.3, -0.25) is 4.79 Å². The summed E-state index contributed by atoms with van der Waals surface area (Å²) in [6, 6.07) is 0. The zero-order valence-electron chi connectivity index (χ0n) is 27.8. The maximum Gasteiger partial charge on any atom is 0.306 e. The van der Waals surface area contributed by atoms with Crippen LogP contribution in [0.5, 0.6) is 0 Å². The molecule has 1 aliphatic rings. The summed E-state index contributed by atoms with van der Waals surface area (Å²) in [5.74, 6) is -0.338. The van der Waals surface area contributed by atoms with E-state index in [1.807, 2.05) is 0 Å². The van der Waals surface area contributed by atoms with Crippen LogP contribution in [0.1, 0.15) is 110 Å². The van der Waals surface area contributed by atoms with E-state index in [4.69, 9.17) is 18.9 Å². The average molecular weight is 639 g/mol. The lowest BCUT2D eigenvalue weighted by atomic mass is 9.99. The van der Waals surface area contributed by atoms with Crippen molar-refractivity contribution >= 4 is 5.97 Å². The van der Waals surface area contributed by atoms with E-state index in [9.17, 15) is 25.2 Å². The third kappa shape index (κ3) is 20.8. The SMILES string of the molecule is CC/C=C\C/C=C\C/C=C\C/C=C\CCCCCOCC(COC1OC(CO)C(O)C(O)C1O)OC(=O)CCCCCCCC. The first-order valence-corrected chi connectivity index (χ1v) is 17.2. The summed E-state index contributed by atoms with van der Waals surface area (Å²) >= 11 is 0. The van der Waals surface area contributed by atoms with Crippen LogP contribution < -0.4 is 0 Å². The van der Waals surface area contributed by atoms with Gasteiger partial charge in [-0.1, -0.05) is 101 Å². The van der Waals surface area contributed by atoms with Crippen LogP contribution in [0.4, 0.5) is 0 Å². The Kier molecular flexibility index (Phi) is 26.0. The minimum Gasteiger partial charge on any atom is -0.457 e. The molecule has 1 fully saturated rings. The van der Waals surface area contributed by atoms with Crippen LogP contribution in [0, 0.1) is 0 Å². The van der Waals surface area contributed by atoms with Gasteiger partial charge in [-0.2, -0.15) is 0 Å². The standard InChI is InChI=1S/C36H62O9/c1-3-5-7-9-11-12-13-14-15-16-17-18-19-20-22-24-26-42-28-30(44-32(38)25-23-21-10-8-6-4-2)29-43-36-35(41)34(40)33(39)31(27-37)45-36/h5,7,11-12,14-15,17-18,30-31,33-37,39-41H,3-4,6,8-10,13,16,19-29H2,1-2H3/b7-5-,12-11-,15-14-,18-17-. The van der Waals surface area contributed by atoms with Gasteiger partial charge in [0.2, 0.25) is 0 Å². The molecule has 9 nitrogen and oxygen atoms in total. The van der Waals surface area contributed by atoms with Crippen molar-refractivity contribution in [3.8, 4) is 0 Å². The van der Waals surface area contributed by atoms with Crippen molar-refractivity contribution in [2.75, 3.05) is 26.4 Å². The van der Waals surface area contributed by atoms with E-state index in [2.05, 4.69) is 62.5 Å². The first-order chi connectivity index (χ1) is 21.9. The second kappa shape index (κ2) is 28.4. The summed E-state index contributed by atoms with van der Waals surface area (Å²) in [4.78, 5) is 12.5. The first-order valence-electron chi connectivity index (χ1n) is 17.2. The number of carbonyl (C=O) groups excluding carboxylic acids is 1. The Morgan fingerprint density at radius 3 is 2.02 bits per heavy atom. The molecular formula is C36H62O9. The van der Waals surface area contributed by atoms with E-state index in [0.29, 0.717) is 13.0 Å². The van der Waals surface area contributed by atoms with Gasteiger partial charge in [0.15, 0.2) is 6.29 Å². The Bertz CT molecular complexity index is 823. The molecule has 6 unspecified atom stereocenters. The summed E-state index contributed by atoms with van der Waals surface area (Å²) in [6.07, 6.45) is 24.5. The maximum atomic E-state index is 12.5. The summed E-state index contributed by atoms with van der Waals surface area (Å²) in [5.41, 5.74) is 0. The van der Waals surface area contributed by atoms with Gasteiger partial charge in [0, 0.05) is 13.0 Å². The molecule has 1 aliphatic heterocycles. The minimum atomic E-state index is -1.54. The zero-order valence-corrected chi connectivity index (χ0v) is 27.8. The number of ether oxygens (including phenoxy) is 4. The third-order valence-corrected chi connectivity index (χ3v) is 7.51. The average Bonchev–Trinajstić information content (AvgIpc) is 3.04. The number of allylic oxidation sites excluding steroid dienone is 8. The van der Waals surface area contributed by atoms with E-state index in [1.54, 1.807) is 0 Å². The van der Waals surface area contributed by atoms with Crippen LogP contribution in [0.3, 0.4) is 0 Å². The predicted octanol–water partition coefficient (Wildman–Crippen LogP) is 5.85. The lowest BCUT2D eigenvalue weighted by Gasteiger charge is -2.39. The number of hydrogen-bond donors (Lipinski definition) is 4. The van der Waals surface area contributed by atoms with Crippen LogP contribution in [0.25, 0.3) is 0 Å². The molecule has 0 aromatic carbocycles. The van der Waals surface area contributed by atoms with Crippen molar-refractivity contribution in [2.45, 2.75) is 147 Å². The number of rotatable bonds is 27. The summed E-state index contributed by atoms with van der Waals surface area (Å²) < 4.78 is 22.5. The molecule has 260 valence electrons. The van der Waals surface area contributed by atoms with Gasteiger partial charge in [-0.05, 0) is 51.4 Å². The molecule has 0 bridgehead atoms. The van der Waals surface area contributed by atoms with E-state index in [1.165, 1.54) is 19.3 Å². The molecule has 0 aromatic heterocycles. The normalized spacial score (nSPS) is 23.2. The highest BCUT2D eigenvalue weighted by Gasteiger charge is 2.44. The van der Waals surface area contributed by atoms with Crippen LogP contribution in [-0.2, 0) is 23.7 Å². The van der Waals surface area contributed by atoms with Crippen molar-refractivity contribution in [3.63, 3.8) is 0 Å². The topological polar surface area (TPSA) is 135 Å². The fourth-order valence-corrected chi connectivity index (χ4v) is 4.77. The van der Waals surface area contributed by atoms with Crippen molar-refractivity contribution < 1.29 is 44.2 Å². The van der Waals surface area contributed by atoms with Crippen molar-refractivity contribution in [1.29, 1.82) is 0 Å². The van der Waals surface area contributed by atoms with Crippen molar-refractivity contribution in [1.82, 2.24) is 0 Å². The molecular weight excluding hydrogens is 576 g/mol. The van der Waals surface area contributed by atoms with E-state index < -0.39 is 43.4 Å². The molecule has 0 aromatic rings. The molecule has 45 heavy (non-hydrogen) atoms. The van der Waals surface area contributed by atoms with Crippen LogP contribution in [0.2, 0.25) is 0 Å². The number of carbonyl (C=O) groups is 1. The number of aliphatic hydroxyl groups excluding tert-OH is 4. The molecule has 0 spiro atoms. The van der Waals surface area contributed by atoms with Gasteiger partial charge in [-0.15, -0.1) is 0 Å². The quantitative estimate of drug-likeness (QED) is 0.0497. The molecule has 0 aliphatic carbocycles. The highest BCUT2D eigenvalue weighted by atomic mass is 16.7. The Labute approximate surface area is 272 Å². The Balaban J connectivity index is 2.35. The Morgan fingerprint density at radius 1 is 0.733 bits per heavy atom. The summed E-state index contributed by atoms with van der Waals surface area (Å²) in [7, 11) is 0. The Morgan fingerprint density at radius 2 is 1.36 bits per heavy atom. The van der Waals surface area contributed by atoms with Crippen LogP contribution >= 0.6 is 0 Å². The van der Waals surface area contributed by atoms with Gasteiger partial charge < -0.3 is 39.4 Å². The van der Waals surface area contributed by atoms with Gasteiger partial charge in [-0.25, -0.2) is 0 Å². The highest BCUT2D eigenvalue weighted by molar-refractivity contribution is 5.69. The predicted molar refractivity (Wildman–Crippen MR) is 178 cm³/mol. The molecule has 1 heterocycles. The largest absolute Gasteiger partial charge is 0.457 e. The fourth-order valence-electron chi connectivity index (χ4n) is 4.77. The molecule has 1 rings (SSSR count). The molecule has 6 atom stereocenters. The maximum absolute atomic E-state index is 12.5. The summed E-state index contributed by atoms with van der Waals surface area (Å²) in [5, 5.41) is 39.7. The van der Waals surface area contributed by atoms with Crippen LogP contribution in [-0.4, -0.2) is 89.6 Å². The van der Waals surface area contributed by atoms with Gasteiger partial charge in [0.05, 0.1) is 19.8 Å². The van der Waals surface area contributed by atoms with E-state index in [-0.39, 0.29) is 19.2 Å². The second-order valence-corrected chi connectivity index (χ2v) is 11.6. The van der Waals surface area contributed by atoms with Gasteiger partial charge >= 0.3 is 5.97 Å². The molecule has 9 heteroatoms. The van der Waals surface area contributed by atoms with E-state index >= 15 is 0 Å².